The topological polar surface area (TPSA) is 92.7 Å². The van der Waals surface area contributed by atoms with Crippen LogP contribution in [0.25, 0.3) is 16.8 Å². The van der Waals surface area contributed by atoms with Crippen LogP contribution in [-0.4, -0.2) is 26.1 Å². The molecule has 3 aromatic rings. The quantitative estimate of drug-likeness (QED) is 0.608. The molecule has 0 aliphatic rings. The van der Waals surface area contributed by atoms with Gasteiger partial charge in [-0.3, -0.25) is 0 Å². The second-order valence-electron chi connectivity index (χ2n) is 6.07. The smallest absolute Gasteiger partial charge is 0.341 e. The lowest BCUT2D eigenvalue weighted by Gasteiger charge is -2.09. The Labute approximate surface area is 163 Å². The van der Waals surface area contributed by atoms with E-state index in [-0.39, 0.29) is 6.54 Å². The van der Waals surface area contributed by atoms with Crippen LogP contribution < -0.4 is 9.46 Å². The summed E-state index contributed by atoms with van der Waals surface area (Å²) < 4.78 is 32.2. The molecule has 0 spiro atoms. The van der Waals surface area contributed by atoms with E-state index in [0.717, 1.165) is 27.3 Å². The van der Waals surface area contributed by atoms with Gasteiger partial charge in [-0.15, -0.1) is 0 Å². The number of carbonyl (C=O) groups is 1. The lowest BCUT2D eigenvalue weighted by atomic mass is 10.1. The number of sulfonamides is 1. The van der Waals surface area contributed by atoms with Gasteiger partial charge in [0.1, 0.15) is 5.75 Å². The van der Waals surface area contributed by atoms with Crippen molar-refractivity contribution in [2.75, 3.05) is 6.61 Å². The third-order valence-electron chi connectivity index (χ3n) is 3.97. The van der Waals surface area contributed by atoms with E-state index in [9.17, 15) is 13.2 Å². The molecular formula is C21H19NO5S. The van der Waals surface area contributed by atoms with E-state index in [0.29, 0.717) is 5.75 Å². The summed E-state index contributed by atoms with van der Waals surface area (Å²) >= 11 is 0. The maximum atomic E-state index is 12.2. The molecule has 0 saturated heterocycles. The molecule has 7 heteroatoms. The van der Waals surface area contributed by atoms with E-state index < -0.39 is 22.6 Å². The van der Waals surface area contributed by atoms with Gasteiger partial charge in [0.15, 0.2) is 6.61 Å². The highest BCUT2D eigenvalue weighted by Crippen LogP contribution is 2.26. The minimum Gasteiger partial charge on any atom is -0.481 e. The molecule has 0 saturated carbocycles. The van der Waals surface area contributed by atoms with Gasteiger partial charge in [-0.1, -0.05) is 54.6 Å². The molecule has 0 amide bonds. The zero-order valence-electron chi connectivity index (χ0n) is 14.9. The number of hydrogen-bond donors (Lipinski definition) is 2. The van der Waals surface area contributed by atoms with Gasteiger partial charge in [-0.25, -0.2) is 17.9 Å². The SMILES string of the molecule is O=C(O)COc1cccc2cc(CNS(=O)(=O)C=Cc3ccccc3)ccc12. The van der Waals surface area contributed by atoms with Crippen molar-refractivity contribution in [3.05, 3.63) is 83.3 Å². The predicted molar refractivity (Wildman–Crippen MR) is 108 cm³/mol. The molecule has 0 unspecified atom stereocenters. The first-order chi connectivity index (χ1) is 13.4. The first-order valence-corrected chi connectivity index (χ1v) is 10.1. The van der Waals surface area contributed by atoms with Gasteiger partial charge in [0.2, 0.25) is 10.0 Å². The van der Waals surface area contributed by atoms with Gasteiger partial charge in [-0.05, 0) is 34.7 Å². The second-order valence-corrected chi connectivity index (χ2v) is 7.72. The van der Waals surface area contributed by atoms with E-state index in [1.54, 1.807) is 24.3 Å². The van der Waals surface area contributed by atoms with Gasteiger partial charge in [0, 0.05) is 17.3 Å². The van der Waals surface area contributed by atoms with Gasteiger partial charge in [-0.2, -0.15) is 0 Å². The number of aliphatic carboxylic acids is 1. The van der Waals surface area contributed by atoms with Crippen molar-refractivity contribution in [3.63, 3.8) is 0 Å². The molecule has 0 bridgehead atoms. The Kier molecular flexibility index (Phi) is 6.08. The molecule has 0 atom stereocenters. The van der Waals surface area contributed by atoms with Crippen LogP contribution in [0.15, 0.2) is 72.1 Å². The molecule has 144 valence electrons. The van der Waals surface area contributed by atoms with Crippen LogP contribution in [0, 0.1) is 0 Å². The van der Waals surface area contributed by atoms with Crippen molar-refractivity contribution in [1.82, 2.24) is 4.72 Å². The lowest BCUT2D eigenvalue weighted by Crippen LogP contribution is -2.20. The second kappa shape index (κ2) is 8.69. The maximum Gasteiger partial charge on any atom is 0.341 e. The van der Waals surface area contributed by atoms with E-state index in [4.69, 9.17) is 9.84 Å². The molecule has 0 radical (unpaired) electrons. The summed E-state index contributed by atoms with van der Waals surface area (Å²) in [6, 6.07) is 19.9. The summed E-state index contributed by atoms with van der Waals surface area (Å²) in [5.74, 6) is -0.579. The van der Waals surface area contributed by atoms with Crippen molar-refractivity contribution in [2.24, 2.45) is 0 Å². The molecule has 0 aromatic heterocycles. The molecule has 6 nitrogen and oxygen atoms in total. The first kappa shape index (κ1) is 19.6. The Morgan fingerprint density at radius 1 is 1.04 bits per heavy atom. The Hall–Kier alpha value is -3.16. The zero-order valence-corrected chi connectivity index (χ0v) is 15.7. The third kappa shape index (κ3) is 5.42. The fraction of sp³-hybridized carbons (Fsp3) is 0.0952. The molecular weight excluding hydrogens is 378 g/mol. The summed E-state index contributed by atoms with van der Waals surface area (Å²) in [4.78, 5) is 10.7. The molecule has 0 heterocycles. The first-order valence-electron chi connectivity index (χ1n) is 8.52. The summed E-state index contributed by atoms with van der Waals surface area (Å²) in [6.45, 7) is -0.286. The molecule has 3 aromatic carbocycles. The van der Waals surface area contributed by atoms with Crippen LogP contribution in [0.1, 0.15) is 11.1 Å². The third-order valence-corrected chi connectivity index (χ3v) is 5.01. The van der Waals surface area contributed by atoms with Crippen molar-refractivity contribution in [2.45, 2.75) is 6.54 Å². The normalized spacial score (nSPS) is 11.7. The van der Waals surface area contributed by atoms with E-state index >= 15 is 0 Å². The Morgan fingerprint density at radius 3 is 2.57 bits per heavy atom. The van der Waals surface area contributed by atoms with Crippen molar-refractivity contribution >= 4 is 32.8 Å². The maximum absolute atomic E-state index is 12.2. The predicted octanol–water partition coefficient (Wildman–Crippen LogP) is 3.39. The van der Waals surface area contributed by atoms with Crippen molar-refractivity contribution in [3.8, 4) is 5.75 Å². The zero-order chi connectivity index (χ0) is 20.0. The molecule has 28 heavy (non-hydrogen) atoms. The number of ether oxygens (including phenoxy) is 1. The number of rotatable bonds is 8. The fourth-order valence-electron chi connectivity index (χ4n) is 2.64. The molecule has 0 aliphatic heterocycles. The number of benzene rings is 3. The van der Waals surface area contributed by atoms with Crippen LogP contribution in [-0.2, 0) is 21.4 Å². The summed E-state index contributed by atoms with van der Waals surface area (Å²) in [6.07, 6.45) is 1.54. The van der Waals surface area contributed by atoms with Crippen LogP contribution in [0.3, 0.4) is 0 Å². The summed E-state index contributed by atoms with van der Waals surface area (Å²) in [5, 5.41) is 11.5. The van der Waals surface area contributed by atoms with Crippen LogP contribution >= 0.6 is 0 Å². The van der Waals surface area contributed by atoms with Gasteiger partial charge in [0.05, 0.1) is 0 Å². The monoisotopic (exact) mass is 397 g/mol. The van der Waals surface area contributed by atoms with Gasteiger partial charge in [0.25, 0.3) is 0 Å². The van der Waals surface area contributed by atoms with Crippen molar-refractivity contribution in [1.29, 1.82) is 0 Å². The minimum atomic E-state index is -3.58. The highest BCUT2D eigenvalue weighted by Gasteiger charge is 2.08. The Bertz CT molecular complexity index is 1110. The average molecular weight is 397 g/mol. The number of nitrogens with one attached hydrogen (secondary N) is 1. The lowest BCUT2D eigenvalue weighted by molar-refractivity contribution is -0.139. The largest absolute Gasteiger partial charge is 0.481 e. The Morgan fingerprint density at radius 2 is 1.82 bits per heavy atom. The van der Waals surface area contributed by atoms with Crippen LogP contribution in [0.2, 0.25) is 0 Å². The highest BCUT2D eigenvalue weighted by molar-refractivity contribution is 7.92. The molecule has 0 fully saturated rings. The van der Waals surface area contributed by atoms with E-state index in [2.05, 4.69) is 4.72 Å². The van der Waals surface area contributed by atoms with Crippen LogP contribution in [0.4, 0.5) is 0 Å². The number of fused-ring (bicyclic) bond motifs is 1. The van der Waals surface area contributed by atoms with Gasteiger partial charge >= 0.3 is 5.97 Å². The Balaban J connectivity index is 1.70. The number of hydrogen-bond acceptors (Lipinski definition) is 4. The number of carboxylic acids is 1. The molecule has 0 aliphatic carbocycles. The molecule has 3 rings (SSSR count). The minimum absolute atomic E-state index is 0.137. The van der Waals surface area contributed by atoms with Gasteiger partial charge < -0.3 is 9.84 Å². The van der Waals surface area contributed by atoms with Crippen molar-refractivity contribution < 1.29 is 23.1 Å². The summed E-state index contributed by atoms with van der Waals surface area (Å²) in [7, 11) is -3.58. The fourth-order valence-corrected chi connectivity index (χ4v) is 3.44. The number of carboxylic acid groups (broad SMARTS) is 1. The molecule has 2 N–H and O–H groups in total. The standard InChI is InChI=1S/C21H19NO5S/c23-21(24)15-27-20-8-4-7-18-13-17(9-10-19(18)20)14-22-28(25,26)12-11-16-5-2-1-3-6-16/h1-13,22H,14-15H2,(H,23,24). The van der Waals surface area contributed by atoms with E-state index in [1.165, 1.54) is 6.08 Å². The van der Waals surface area contributed by atoms with Crippen LogP contribution in [0.5, 0.6) is 5.75 Å². The highest BCUT2D eigenvalue weighted by atomic mass is 32.2. The van der Waals surface area contributed by atoms with E-state index in [1.807, 2.05) is 42.5 Å². The summed E-state index contributed by atoms with van der Waals surface area (Å²) in [5.41, 5.74) is 1.58. The average Bonchev–Trinajstić information content (AvgIpc) is 2.70.